The van der Waals surface area contributed by atoms with Crippen LogP contribution in [0.25, 0.3) is 0 Å². The van der Waals surface area contributed by atoms with Crippen LogP contribution in [0.1, 0.15) is 27.7 Å². The number of hydrogen-bond acceptors (Lipinski definition) is 4. The molecule has 1 aromatic rings. The van der Waals surface area contributed by atoms with Gasteiger partial charge in [0.25, 0.3) is 0 Å². The van der Waals surface area contributed by atoms with Crippen LogP contribution in [-0.4, -0.2) is 30.1 Å². The van der Waals surface area contributed by atoms with Gasteiger partial charge >= 0.3 is 0 Å². The summed E-state index contributed by atoms with van der Waals surface area (Å²) in [6.45, 7) is 8.90. The lowest BCUT2D eigenvalue weighted by Gasteiger charge is -2.36. The highest BCUT2D eigenvalue weighted by atomic mass is 15.2. The highest BCUT2D eigenvalue weighted by molar-refractivity contribution is 5.42. The van der Waals surface area contributed by atoms with E-state index in [0.29, 0.717) is 12.0 Å². The molecule has 0 saturated carbocycles. The first-order valence-corrected chi connectivity index (χ1v) is 5.60. The summed E-state index contributed by atoms with van der Waals surface area (Å²) in [7, 11) is 3.89. The second kappa shape index (κ2) is 4.68. The van der Waals surface area contributed by atoms with Crippen LogP contribution in [0.15, 0.2) is 12.3 Å². The van der Waals surface area contributed by atoms with E-state index in [0.717, 1.165) is 5.82 Å². The van der Waals surface area contributed by atoms with Crippen molar-refractivity contribution >= 4 is 11.8 Å². The van der Waals surface area contributed by atoms with Crippen LogP contribution in [0.3, 0.4) is 0 Å². The lowest BCUT2D eigenvalue weighted by molar-refractivity contribution is 0.328. The van der Waals surface area contributed by atoms with E-state index in [1.165, 1.54) is 0 Å². The van der Waals surface area contributed by atoms with E-state index in [2.05, 4.69) is 54.9 Å². The molecule has 0 aliphatic carbocycles. The topological polar surface area (TPSA) is 41.1 Å². The van der Waals surface area contributed by atoms with E-state index in [1.807, 2.05) is 13.1 Å². The predicted molar refractivity (Wildman–Crippen MR) is 68.9 cm³/mol. The minimum absolute atomic E-state index is 0.222. The molecule has 0 aromatic carbocycles. The van der Waals surface area contributed by atoms with Gasteiger partial charge in [-0.2, -0.15) is 4.98 Å². The van der Waals surface area contributed by atoms with E-state index in [4.69, 9.17) is 0 Å². The van der Waals surface area contributed by atoms with Crippen molar-refractivity contribution in [3.63, 3.8) is 0 Å². The first-order chi connectivity index (χ1) is 7.36. The Bertz CT molecular complexity index is 343. The molecule has 0 radical (unpaired) electrons. The van der Waals surface area contributed by atoms with Gasteiger partial charge in [0.1, 0.15) is 5.82 Å². The van der Waals surface area contributed by atoms with E-state index < -0.39 is 0 Å². The fourth-order valence-electron chi connectivity index (χ4n) is 1.45. The van der Waals surface area contributed by atoms with Crippen molar-refractivity contribution in [1.29, 1.82) is 0 Å². The van der Waals surface area contributed by atoms with Gasteiger partial charge in [0, 0.05) is 26.3 Å². The number of aromatic nitrogens is 2. The van der Waals surface area contributed by atoms with Crippen LogP contribution in [0.2, 0.25) is 0 Å². The fraction of sp³-hybridized carbons (Fsp3) is 0.667. The molecule has 0 fully saturated rings. The smallest absolute Gasteiger partial charge is 0.224 e. The van der Waals surface area contributed by atoms with Gasteiger partial charge in [-0.25, -0.2) is 4.98 Å². The van der Waals surface area contributed by atoms with Crippen LogP contribution in [0, 0.1) is 5.41 Å². The molecule has 1 unspecified atom stereocenters. The summed E-state index contributed by atoms with van der Waals surface area (Å²) in [5, 5.41) is 2.95. The quantitative estimate of drug-likeness (QED) is 0.852. The van der Waals surface area contributed by atoms with Gasteiger partial charge in [-0.05, 0) is 18.4 Å². The maximum absolute atomic E-state index is 4.43. The van der Waals surface area contributed by atoms with E-state index in [-0.39, 0.29) is 5.41 Å². The van der Waals surface area contributed by atoms with Crippen LogP contribution in [0.5, 0.6) is 0 Å². The molecule has 0 aliphatic rings. The molecule has 4 heteroatoms. The molecule has 90 valence electrons. The Morgan fingerprint density at radius 3 is 2.50 bits per heavy atom. The minimum Gasteiger partial charge on any atom is -0.357 e. The molecule has 0 amide bonds. The highest BCUT2D eigenvalue weighted by Gasteiger charge is 2.24. The average molecular weight is 222 g/mol. The lowest BCUT2D eigenvalue weighted by atomic mass is 9.87. The summed E-state index contributed by atoms with van der Waals surface area (Å²) in [4.78, 5) is 10.7. The van der Waals surface area contributed by atoms with Gasteiger partial charge in [-0.3, -0.25) is 0 Å². The first kappa shape index (κ1) is 12.7. The summed E-state index contributed by atoms with van der Waals surface area (Å²) in [5.74, 6) is 1.60. The molecule has 0 spiro atoms. The highest BCUT2D eigenvalue weighted by Crippen LogP contribution is 2.26. The lowest BCUT2D eigenvalue weighted by Crippen LogP contribution is -2.39. The van der Waals surface area contributed by atoms with Gasteiger partial charge in [0.15, 0.2) is 0 Å². The Kier molecular flexibility index (Phi) is 3.73. The first-order valence-electron chi connectivity index (χ1n) is 5.60. The monoisotopic (exact) mass is 222 g/mol. The summed E-state index contributed by atoms with van der Waals surface area (Å²) in [6, 6.07) is 2.34. The van der Waals surface area contributed by atoms with Crippen molar-refractivity contribution in [2.75, 3.05) is 24.3 Å². The molecular formula is C12H22N4. The van der Waals surface area contributed by atoms with Crippen molar-refractivity contribution in [2.24, 2.45) is 5.41 Å². The maximum Gasteiger partial charge on any atom is 0.224 e. The molecule has 1 N–H and O–H groups in total. The van der Waals surface area contributed by atoms with Gasteiger partial charge in [0.05, 0.1) is 0 Å². The zero-order valence-corrected chi connectivity index (χ0v) is 11.1. The Morgan fingerprint density at radius 1 is 1.38 bits per heavy atom. The maximum atomic E-state index is 4.43. The largest absolute Gasteiger partial charge is 0.357 e. The Morgan fingerprint density at radius 2 is 2.00 bits per heavy atom. The van der Waals surface area contributed by atoms with Crippen LogP contribution in [0.4, 0.5) is 11.8 Å². The molecule has 0 bridgehead atoms. The number of nitrogens with one attached hydrogen (secondary N) is 1. The van der Waals surface area contributed by atoms with Crippen molar-refractivity contribution in [3.05, 3.63) is 12.3 Å². The Labute approximate surface area is 98.1 Å². The molecule has 0 aliphatic heterocycles. The molecular weight excluding hydrogens is 200 g/mol. The van der Waals surface area contributed by atoms with Gasteiger partial charge in [0.2, 0.25) is 5.95 Å². The van der Waals surface area contributed by atoms with Crippen LogP contribution < -0.4 is 10.2 Å². The third-order valence-corrected chi connectivity index (χ3v) is 3.06. The van der Waals surface area contributed by atoms with E-state index in [9.17, 15) is 0 Å². The van der Waals surface area contributed by atoms with Gasteiger partial charge < -0.3 is 10.2 Å². The second-order valence-corrected chi connectivity index (χ2v) is 5.14. The Balaban J connectivity index is 2.91. The second-order valence-electron chi connectivity index (χ2n) is 5.14. The van der Waals surface area contributed by atoms with E-state index in [1.54, 1.807) is 6.20 Å². The number of rotatable bonds is 3. The van der Waals surface area contributed by atoms with Crippen molar-refractivity contribution in [2.45, 2.75) is 33.7 Å². The molecule has 0 saturated heterocycles. The van der Waals surface area contributed by atoms with Crippen molar-refractivity contribution in [1.82, 2.24) is 9.97 Å². The zero-order valence-electron chi connectivity index (χ0n) is 11.1. The summed E-state index contributed by atoms with van der Waals surface area (Å²) < 4.78 is 0. The third-order valence-electron chi connectivity index (χ3n) is 3.06. The van der Waals surface area contributed by atoms with E-state index >= 15 is 0 Å². The van der Waals surface area contributed by atoms with Gasteiger partial charge in [-0.15, -0.1) is 0 Å². The molecule has 1 aromatic heterocycles. The summed E-state index contributed by atoms with van der Waals surface area (Å²) in [6.07, 6.45) is 1.78. The third kappa shape index (κ3) is 2.84. The normalized spacial score (nSPS) is 13.4. The standard InChI is InChI=1S/C12H22N4/c1-9(12(2,3)4)16(6)10-7-8-14-11(13-5)15-10/h7-9H,1-6H3,(H,13,14,15). The predicted octanol–water partition coefficient (Wildman–Crippen LogP) is 2.39. The summed E-state index contributed by atoms with van der Waals surface area (Å²) >= 11 is 0. The van der Waals surface area contributed by atoms with Gasteiger partial charge in [-0.1, -0.05) is 20.8 Å². The molecule has 1 rings (SSSR count). The molecule has 1 atom stereocenters. The van der Waals surface area contributed by atoms with Crippen LogP contribution >= 0.6 is 0 Å². The molecule has 4 nitrogen and oxygen atoms in total. The zero-order chi connectivity index (χ0) is 12.3. The number of hydrogen-bond donors (Lipinski definition) is 1. The molecule has 1 heterocycles. The minimum atomic E-state index is 0.222. The van der Waals surface area contributed by atoms with Crippen molar-refractivity contribution < 1.29 is 0 Å². The molecule has 16 heavy (non-hydrogen) atoms. The SMILES string of the molecule is CNc1nccc(N(C)C(C)C(C)(C)C)n1. The average Bonchev–Trinajstić information content (AvgIpc) is 2.26. The fourth-order valence-corrected chi connectivity index (χ4v) is 1.45. The number of anilines is 2. The summed E-state index contributed by atoms with van der Waals surface area (Å²) in [5.41, 5.74) is 0.222. The van der Waals surface area contributed by atoms with Crippen molar-refractivity contribution in [3.8, 4) is 0 Å². The Hall–Kier alpha value is -1.32. The van der Waals surface area contributed by atoms with Crippen LogP contribution in [-0.2, 0) is 0 Å². The number of nitrogens with zero attached hydrogens (tertiary/aromatic N) is 3.